The second kappa shape index (κ2) is 6.42. The summed E-state index contributed by atoms with van der Waals surface area (Å²) in [5.41, 5.74) is 1.17. The van der Waals surface area contributed by atoms with Crippen LogP contribution in [-0.4, -0.2) is 53.2 Å². The molecule has 0 spiro atoms. The lowest BCUT2D eigenvalue weighted by molar-refractivity contribution is -0.0343. The van der Waals surface area contributed by atoms with E-state index in [1.54, 1.807) is 18.2 Å². The average Bonchev–Trinajstić information content (AvgIpc) is 3.23. The molecule has 6 heteroatoms. The molecule has 23 heavy (non-hydrogen) atoms. The third-order valence-electron chi connectivity index (χ3n) is 4.26. The number of hydrogen-bond acceptors (Lipinski definition) is 4. The van der Waals surface area contributed by atoms with Gasteiger partial charge in [-0.25, -0.2) is 4.98 Å². The maximum absolute atomic E-state index is 12.4. The quantitative estimate of drug-likeness (QED) is 0.917. The van der Waals surface area contributed by atoms with E-state index in [1.165, 1.54) is 6.33 Å². The lowest BCUT2D eigenvalue weighted by atomic mass is 10.0. The van der Waals surface area contributed by atoms with Crippen molar-refractivity contribution in [3.8, 4) is 5.75 Å². The smallest absolute Gasteiger partial charge is 0.272 e. The number of aromatic nitrogens is 2. The van der Waals surface area contributed by atoms with Crippen LogP contribution in [-0.2, 0) is 4.74 Å². The van der Waals surface area contributed by atoms with Crippen LogP contribution >= 0.6 is 0 Å². The molecule has 0 radical (unpaired) electrons. The summed E-state index contributed by atoms with van der Waals surface area (Å²) in [6, 6.07) is 7.91. The van der Waals surface area contributed by atoms with Gasteiger partial charge in [0.2, 0.25) is 0 Å². The van der Waals surface area contributed by atoms with Crippen molar-refractivity contribution < 1.29 is 14.3 Å². The molecule has 1 aromatic heterocycles. The van der Waals surface area contributed by atoms with Crippen molar-refractivity contribution >= 4 is 5.91 Å². The highest BCUT2D eigenvalue weighted by Gasteiger charge is 2.41. The topological polar surface area (TPSA) is 67.5 Å². The number of imidazole rings is 1. The number of rotatable bonds is 5. The Morgan fingerprint density at radius 3 is 3.04 bits per heavy atom. The van der Waals surface area contributed by atoms with Gasteiger partial charge in [0.05, 0.1) is 19.1 Å². The number of aryl methyl sites for hydroxylation is 1. The van der Waals surface area contributed by atoms with Crippen molar-refractivity contribution in [2.45, 2.75) is 18.9 Å². The summed E-state index contributed by atoms with van der Waals surface area (Å²) in [6.07, 6.45) is 3.79. The molecule has 1 aliphatic heterocycles. The number of carbonyl (C=O) groups excluding carboxylic acids is 1. The number of ether oxygens (including phenoxy) is 2. The van der Waals surface area contributed by atoms with Crippen molar-refractivity contribution in [2.75, 3.05) is 26.8 Å². The predicted octanol–water partition coefficient (Wildman–Crippen LogP) is 2.03. The van der Waals surface area contributed by atoms with Crippen LogP contribution in [0.5, 0.6) is 5.75 Å². The van der Waals surface area contributed by atoms with Crippen molar-refractivity contribution in [2.24, 2.45) is 0 Å². The van der Waals surface area contributed by atoms with Gasteiger partial charge in [-0.1, -0.05) is 12.1 Å². The van der Waals surface area contributed by atoms with E-state index >= 15 is 0 Å². The van der Waals surface area contributed by atoms with Gasteiger partial charge in [-0.05, 0) is 31.0 Å². The molecular formula is C17H21N3O3. The molecule has 1 atom stereocenters. The van der Waals surface area contributed by atoms with Crippen molar-refractivity contribution in [1.82, 2.24) is 14.9 Å². The van der Waals surface area contributed by atoms with Crippen LogP contribution in [0.15, 0.2) is 36.8 Å². The number of H-pyrrole nitrogens is 1. The first-order chi connectivity index (χ1) is 11.1. The largest absolute Gasteiger partial charge is 0.491 e. The van der Waals surface area contributed by atoms with Gasteiger partial charge in [-0.3, -0.25) is 4.79 Å². The van der Waals surface area contributed by atoms with Gasteiger partial charge >= 0.3 is 0 Å². The minimum absolute atomic E-state index is 0.0584. The lowest BCUT2D eigenvalue weighted by Crippen LogP contribution is -2.42. The van der Waals surface area contributed by atoms with Gasteiger partial charge in [0.25, 0.3) is 5.91 Å². The summed E-state index contributed by atoms with van der Waals surface area (Å²) < 4.78 is 11.6. The molecule has 0 unspecified atom stereocenters. The molecule has 0 bridgehead atoms. The molecule has 122 valence electrons. The molecule has 0 saturated carbocycles. The first-order valence-corrected chi connectivity index (χ1v) is 7.64. The van der Waals surface area contributed by atoms with E-state index in [0.29, 0.717) is 25.4 Å². The number of aromatic amines is 1. The molecule has 1 fully saturated rings. The van der Waals surface area contributed by atoms with Crippen LogP contribution in [0.25, 0.3) is 0 Å². The predicted molar refractivity (Wildman–Crippen MR) is 85.5 cm³/mol. The summed E-state index contributed by atoms with van der Waals surface area (Å²) in [4.78, 5) is 20.9. The second-order valence-corrected chi connectivity index (χ2v) is 5.93. The van der Waals surface area contributed by atoms with Crippen molar-refractivity contribution in [1.29, 1.82) is 0 Å². The van der Waals surface area contributed by atoms with Gasteiger partial charge in [0.15, 0.2) is 0 Å². The molecule has 6 nitrogen and oxygen atoms in total. The van der Waals surface area contributed by atoms with Crippen LogP contribution in [0.2, 0.25) is 0 Å². The Kier molecular flexibility index (Phi) is 4.34. The monoisotopic (exact) mass is 315 g/mol. The fraction of sp³-hybridized carbons (Fsp3) is 0.412. The Morgan fingerprint density at radius 2 is 2.35 bits per heavy atom. The Morgan fingerprint density at radius 1 is 1.48 bits per heavy atom. The Balaban J connectivity index is 1.64. The third-order valence-corrected chi connectivity index (χ3v) is 4.26. The number of likely N-dealkylation sites (tertiary alicyclic amines) is 1. The minimum atomic E-state index is -0.473. The number of carbonyl (C=O) groups is 1. The molecule has 1 aliphatic rings. The Bertz CT molecular complexity index is 671. The van der Waals surface area contributed by atoms with E-state index in [9.17, 15) is 4.79 Å². The number of nitrogens with zero attached hydrogens (tertiary/aromatic N) is 2. The number of nitrogens with one attached hydrogen (secondary N) is 1. The first kappa shape index (κ1) is 15.6. The van der Waals surface area contributed by atoms with E-state index in [-0.39, 0.29) is 5.91 Å². The average molecular weight is 315 g/mol. The zero-order chi connectivity index (χ0) is 16.3. The van der Waals surface area contributed by atoms with Crippen LogP contribution < -0.4 is 4.74 Å². The molecule has 1 aromatic carbocycles. The molecule has 1 saturated heterocycles. The highest BCUT2D eigenvalue weighted by molar-refractivity contribution is 5.92. The van der Waals surface area contributed by atoms with E-state index in [2.05, 4.69) is 9.97 Å². The summed E-state index contributed by atoms with van der Waals surface area (Å²) in [7, 11) is 1.67. The van der Waals surface area contributed by atoms with Crippen molar-refractivity contribution in [3.63, 3.8) is 0 Å². The summed E-state index contributed by atoms with van der Waals surface area (Å²) in [5, 5.41) is 0. The van der Waals surface area contributed by atoms with E-state index in [0.717, 1.165) is 17.7 Å². The highest BCUT2D eigenvalue weighted by atomic mass is 16.5. The maximum Gasteiger partial charge on any atom is 0.272 e. The normalized spacial score (nSPS) is 20.7. The zero-order valence-electron chi connectivity index (χ0n) is 13.4. The molecule has 3 rings (SSSR count). The minimum Gasteiger partial charge on any atom is -0.491 e. The third kappa shape index (κ3) is 3.37. The molecule has 1 amide bonds. The number of benzene rings is 1. The van der Waals surface area contributed by atoms with Gasteiger partial charge in [-0.2, -0.15) is 0 Å². The molecule has 2 heterocycles. The van der Waals surface area contributed by atoms with Crippen molar-refractivity contribution in [3.05, 3.63) is 48.0 Å². The first-order valence-electron chi connectivity index (χ1n) is 7.64. The maximum atomic E-state index is 12.4. The van der Waals surface area contributed by atoms with Crippen LogP contribution in [0, 0.1) is 6.92 Å². The summed E-state index contributed by atoms with van der Waals surface area (Å²) in [6.45, 7) is 3.59. The summed E-state index contributed by atoms with van der Waals surface area (Å²) >= 11 is 0. The molecule has 0 aliphatic carbocycles. The van der Waals surface area contributed by atoms with Crippen LogP contribution in [0.1, 0.15) is 22.5 Å². The van der Waals surface area contributed by atoms with E-state index < -0.39 is 5.60 Å². The SMILES string of the molecule is CO[C@]1(COc2cccc(C)c2)CCN(C(=O)c2cnc[nH]2)C1. The summed E-state index contributed by atoms with van der Waals surface area (Å²) in [5.74, 6) is 0.761. The van der Waals surface area contributed by atoms with Gasteiger partial charge in [0, 0.05) is 13.7 Å². The van der Waals surface area contributed by atoms with Crippen LogP contribution in [0.3, 0.4) is 0 Å². The number of methoxy groups -OCH3 is 1. The fourth-order valence-corrected chi connectivity index (χ4v) is 2.82. The molecule has 2 aromatic rings. The highest BCUT2D eigenvalue weighted by Crippen LogP contribution is 2.27. The zero-order valence-corrected chi connectivity index (χ0v) is 13.4. The lowest BCUT2D eigenvalue weighted by Gasteiger charge is -2.27. The second-order valence-electron chi connectivity index (χ2n) is 5.93. The molecular weight excluding hydrogens is 294 g/mol. The van der Waals surface area contributed by atoms with Gasteiger partial charge in [0.1, 0.15) is 23.7 Å². The van der Waals surface area contributed by atoms with Gasteiger partial charge in [-0.15, -0.1) is 0 Å². The van der Waals surface area contributed by atoms with E-state index in [1.807, 2.05) is 31.2 Å². The Labute approximate surface area is 135 Å². The van der Waals surface area contributed by atoms with Gasteiger partial charge < -0.3 is 19.4 Å². The van der Waals surface area contributed by atoms with E-state index in [4.69, 9.17) is 9.47 Å². The fourth-order valence-electron chi connectivity index (χ4n) is 2.82. The number of amides is 1. The van der Waals surface area contributed by atoms with Crippen LogP contribution in [0.4, 0.5) is 0 Å². The molecule has 1 N–H and O–H groups in total. The Hall–Kier alpha value is -2.34. The number of hydrogen-bond donors (Lipinski definition) is 1. The standard InChI is InChI=1S/C17H21N3O3/c1-13-4-3-5-14(8-13)23-11-17(22-2)6-7-20(10-17)16(21)15-9-18-12-19-15/h3-5,8-9,12H,6-7,10-11H2,1-2H3,(H,18,19)/t17-/m1/s1.